The Kier molecular flexibility index (Phi) is 8.84. The molecule has 0 radical (unpaired) electrons. The van der Waals surface area contributed by atoms with Crippen molar-refractivity contribution < 1.29 is 32.3 Å². The fraction of sp³-hybridized carbons (Fsp3) is 0.300. The average Bonchev–Trinajstić information content (AvgIpc) is 3.25. The molecule has 0 saturated heterocycles. The van der Waals surface area contributed by atoms with Crippen LogP contribution >= 0.6 is 11.6 Å². The smallest absolute Gasteiger partial charge is 0.424 e. The molecular weight excluding hydrogens is 582 g/mol. The van der Waals surface area contributed by atoms with Crippen molar-refractivity contribution in [3.05, 3.63) is 94.0 Å². The van der Waals surface area contributed by atoms with E-state index in [1.807, 2.05) is 31.2 Å². The van der Waals surface area contributed by atoms with Crippen LogP contribution in [0.15, 0.2) is 71.6 Å². The molecule has 0 aliphatic carbocycles. The van der Waals surface area contributed by atoms with Gasteiger partial charge in [0.2, 0.25) is 0 Å². The van der Waals surface area contributed by atoms with Gasteiger partial charge in [0.05, 0.1) is 36.0 Å². The van der Waals surface area contributed by atoms with Gasteiger partial charge in [0.1, 0.15) is 10.5 Å². The number of esters is 1. The van der Waals surface area contributed by atoms with Crippen LogP contribution in [-0.2, 0) is 32.5 Å². The van der Waals surface area contributed by atoms with Crippen molar-refractivity contribution in [3.63, 3.8) is 0 Å². The lowest BCUT2D eigenvalue weighted by Gasteiger charge is -2.28. The van der Waals surface area contributed by atoms with Gasteiger partial charge < -0.3 is 9.47 Å². The number of rotatable bonds is 7. The van der Waals surface area contributed by atoms with Crippen molar-refractivity contribution in [2.75, 3.05) is 12.1 Å². The zero-order valence-electron chi connectivity index (χ0n) is 23.9. The van der Waals surface area contributed by atoms with Crippen LogP contribution < -0.4 is 10.4 Å². The number of fused-ring (bicyclic) bond motifs is 1. The normalized spacial score (nSPS) is 14.6. The van der Waals surface area contributed by atoms with E-state index >= 15 is 0 Å². The van der Waals surface area contributed by atoms with E-state index in [0.717, 1.165) is 23.7 Å². The first-order valence-corrected chi connectivity index (χ1v) is 14.9. The minimum absolute atomic E-state index is 0.0184. The van der Waals surface area contributed by atoms with Crippen LogP contribution in [0.1, 0.15) is 59.5 Å². The molecule has 3 aromatic carbocycles. The Morgan fingerprint density at radius 1 is 1.02 bits per heavy atom. The average molecular weight is 614 g/mol. The third kappa shape index (κ3) is 6.69. The molecule has 4 rings (SSSR count). The summed E-state index contributed by atoms with van der Waals surface area (Å²) >= 11 is 6.35. The summed E-state index contributed by atoms with van der Waals surface area (Å²) in [4.78, 5) is 37.9. The van der Waals surface area contributed by atoms with E-state index in [4.69, 9.17) is 21.1 Å². The molecule has 0 unspecified atom stereocenters. The van der Waals surface area contributed by atoms with E-state index in [0.29, 0.717) is 9.87 Å². The molecular formula is C30H32ClN3O7S. The van der Waals surface area contributed by atoms with E-state index in [1.54, 1.807) is 25.8 Å². The first-order chi connectivity index (χ1) is 19.7. The Hall–Kier alpha value is -4.09. The molecule has 1 N–H and O–H groups in total. The number of amides is 2. The first kappa shape index (κ1) is 30.9. The maximum Gasteiger partial charge on any atom is 0.424 e. The van der Waals surface area contributed by atoms with Crippen LogP contribution in [0.5, 0.6) is 0 Å². The second-order valence-electron chi connectivity index (χ2n) is 10.8. The number of methoxy groups -OCH3 is 1. The topological polar surface area (TPSA) is 122 Å². The summed E-state index contributed by atoms with van der Waals surface area (Å²) in [5.41, 5.74) is 4.46. The van der Waals surface area contributed by atoms with Gasteiger partial charge in [-0.3, -0.25) is 15.2 Å². The first-order valence-electron chi connectivity index (χ1n) is 13.1. The maximum atomic E-state index is 14.0. The Labute approximate surface area is 250 Å². The van der Waals surface area contributed by atoms with Gasteiger partial charge >= 0.3 is 12.1 Å². The molecule has 1 atom stereocenters. The Morgan fingerprint density at radius 2 is 1.67 bits per heavy atom. The van der Waals surface area contributed by atoms with E-state index < -0.39 is 45.0 Å². The number of hydrogen-bond donors (Lipinski definition) is 1. The molecule has 12 heteroatoms. The van der Waals surface area contributed by atoms with Gasteiger partial charge in [-0.05, 0) is 81.6 Å². The van der Waals surface area contributed by atoms with E-state index in [1.165, 1.54) is 43.5 Å². The Balaban J connectivity index is 1.67. The number of carbonyl (C=O) groups excluding carboxylic acids is 3. The number of hydrazine groups is 1. The van der Waals surface area contributed by atoms with Crippen LogP contribution in [-0.4, -0.2) is 49.4 Å². The van der Waals surface area contributed by atoms with Gasteiger partial charge in [0.15, 0.2) is 0 Å². The van der Waals surface area contributed by atoms with E-state index in [2.05, 4.69) is 5.43 Å². The summed E-state index contributed by atoms with van der Waals surface area (Å²) < 4.78 is 38.6. The second-order valence-corrected chi connectivity index (χ2v) is 13.1. The molecule has 0 bridgehead atoms. The monoisotopic (exact) mass is 613 g/mol. The molecule has 2 amide bonds. The molecule has 10 nitrogen and oxygen atoms in total. The maximum absolute atomic E-state index is 14.0. The number of benzene rings is 3. The van der Waals surface area contributed by atoms with E-state index in [-0.39, 0.29) is 22.2 Å². The van der Waals surface area contributed by atoms with Gasteiger partial charge in [0, 0.05) is 5.56 Å². The highest BCUT2D eigenvalue weighted by Crippen LogP contribution is 2.31. The van der Waals surface area contributed by atoms with Crippen molar-refractivity contribution >= 4 is 45.3 Å². The predicted octanol–water partition coefficient (Wildman–Crippen LogP) is 5.35. The van der Waals surface area contributed by atoms with Crippen molar-refractivity contribution in [3.8, 4) is 0 Å². The van der Waals surface area contributed by atoms with Crippen LogP contribution in [0, 0.1) is 0 Å². The molecule has 1 aliphatic rings. The van der Waals surface area contributed by atoms with Gasteiger partial charge in [-0.1, -0.05) is 41.9 Å². The SMILES string of the molecule is COC(=O)c1ccc(CN(C(=O)OC(C)(C)C)S(=O)(=O)c2cc(C(=O)NN3c4ccccc4C[C@H]3C)ccc2Cl)cc1. The lowest BCUT2D eigenvalue weighted by molar-refractivity contribution is 0.0380. The minimum atomic E-state index is -4.63. The molecule has 0 aromatic heterocycles. The minimum Gasteiger partial charge on any atom is -0.465 e. The quantitative estimate of drug-likeness (QED) is 0.354. The number of para-hydroxylation sites is 1. The molecule has 1 aliphatic heterocycles. The summed E-state index contributed by atoms with van der Waals surface area (Å²) in [5.74, 6) is -1.11. The second kappa shape index (κ2) is 12.0. The lowest BCUT2D eigenvalue weighted by Crippen LogP contribution is -2.45. The zero-order chi connectivity index (χ0) is 30.8. The molecule has 42 heavy (non-hydrogen) atoms. The molecule has 0 fully saturated rings. The molecule has 0 spiro atoms. The molecule has 222 valence electrons. The molecule has 0 saturated carbocycles. The van der Waals surface area contributed by atoms with Crippen LogP contribution in [0.4, 0.5) is 10.5 Å². The van der Waals surface area contributed by atoms with Gasteiger partial charge in [-0.25, -0.2) is 18.0 Å². The number of ether oxygens (including phenoxy) is 2. The summed E-state index contributed by atoms with van der Waals surface area (Å²) in [6.45, 7) is 6.37. The molecule has 3 aromatic rings. The number of hydrogen-bond acceptors (Lipinski definition) is 8. The Morgan fingerprint density at radius 3 is 2.31 bits per heavy atom. The van der Waals surface area contributed by atoms with Crippen LogP contribution in [0.3, 0.4) is 0 Å². The largest absolute Gasteiger partial charge is 0.465 e. The van der Waals surface area contributed by atoms with Crippen LogP contribution in [0.25, 0.3) is 0 Å². The summed E-state index contributed by atoms with van der Waals surface area (Å²) in [6, 6.07) is 17.4. The highest BCUT2D eigenvalue weighted by atomic mass is 35.5. The van der Waals surface area contributed by atoms with Crippen LogP contribution in [0.2, 0.25) is 5.02 Å². The van der Waals surface area contributed by atoms with Crippen molar-refractivity contribution in [1.82, 2.24) is 9.73 Å². The van der Waals surface area contributed by atoms with Gasteiger partial charge in [-0.15, -0.1) is 0 Å². The summed E-state index contributed by atoms with van der Waals surface area (Å²) in [5, 5.41) is 1.56. The van der Waals surface area contributed by atoms with E-state index in [9.17, 15) is 22.8 Å². The highest BCUT2D eigenvalue weighted by molar-refractivity contribution is 7.89. The third-order valence-electron chi connectivity index (χ3n) is 6.49. The summed E-state index contributed by atoms with van der Waals surface area (Å²) in [7, 11) is -3.39. The number of halogens is 1. The number of nitrogens with zero attached hydrogens (tertiary/aromatic N) is 2. The number of nitrogens with one attached hydrogen (secondary N) is 1. The predicted molar refractivity (Wildman–Crippen MR) is 158 cm³/mol. The Bertz CT molecular complexity index is 1620. The number of carbonyl (C=O) groups is 3. The highest BCUT2D eigenvalue weighted by Gasteiger charge is 2.35. The third-order valence-corrected chi connectivity index (χ3v) is 8.68. The van der Waals surface area contributed by atoms with Crippen molar-refractivity contribution in [1.29, 1.82) is 0 Å². The zero-order valence-corrected chi connectivity index (χ0v) is 25.5. The lowest BCUT2D eigenvalue weighted by atomic mass is 10.1. The van der Waals surface area contributed by atoms with Gasteiger partial charge in [-0.2, -0.15) is 4.31 Å². The fourth-order valence-electron chi connectivity index (χ4n) is 4.46. The van der Waals surface area contributed by atoms with Crippen molar-refractivity contribution in [2.45, 2.75) is 57.2 Å². The van der Waals surface area contributed by atoms with Crippen molar-refractivity contribution in [2.24, 2.45) is 0 Å². The standard InChI is InChI=1S/C30H32ClN3O7S/c1-19-16-22-8-6-7-9-25(22)34(19)32-27(35)23-14-15-24(31)26(17-23)42(38,39)33(29(37)41-30(2,3)4)18-20-10-12-21(13-11-20)28(36)40-5/h6-15,17,19H,16,18H2,1-5H3,(H,32,35)/t19-/m1/s1. The fourth-order valence-corrected chi connectivity index (χ4v) is 6.25. The van der Waals surface area contributed by atoms with Gasteiger partial charge in [0.25, 0.3) is 15.9 Å². The number of sulfonamides is 1. The molecule has 1 heterocycles. The number of anilines is 1. The summed E-state index contributed by atoms with van der Waals surface area (Å²) in [6.07, 6.45) is -0.393.